The van der Waals surface area contributed by atoms with Gasteiger partial charge in [0.15, 0.2) is 0 Å². The van der Waals surface area contributed by atoms with Gasteiger partial charge >= 0.3 is 0 Å². The van der Waals surface area contributed by atoms with Gasteiger partial charge in [0.2, 0.25) is 0 Å². The van der Waals surface area contributed by atoms with Gasteiger partial charge in [-0.3, -0.25) is 0 Å². The second-order valence-corrected chi connectivity index (χ2v) is 4.41. The lowest BCUT2D eigenvalue weighted by molar-refractivity contribution is 1.17. The van der Waals surface area contributed by atoms with Crippen LogP contribution in [0.25, 0.3) is 10.9 Å². The summed E-state index contributed by atoms with van der Waals surface area (Å²) in [7, 11) is 0. The van der Waals surface area contributed by atoms with Crippen molar-refractivity contribution in [3.05, 3.63) is 33.8 Å². The molecule has 2 rings (SSSR count). The number of aromatic nitrogens is 1. The zero-order chi connectivity index (χ0) is 10.8. The summed E-state index contributed by atoms with van der Waals surface area (Å²) in [6, 6.07) is 7.74. The van der Waals surface area contributed by atoms with Crippen molar-refractivity contribution >= 4 is 44.3 Å². The molecule has 15 heavy (non-hydrogen) atoms. The average Bonchev–Trinajstić information content (AvgIpc) is 2.24. The molecule has 0 radical (unpaired) electrons. The molecule has 1 aromatic carbocycles. The van der Waals surface area contributed by atoms with Crippen LogP contribution in [0.4, 0.5) is 5.82 Å². The molecule has 2 nitrogen and oxygen atoms in total. The first-order chi connectivity index (χ1) is 7.22. The topological polar surface area (TPSA) is 24.9 Å². The van der Waals surface area contributed by atoms with E-state index in [4.69, 9.17) is 11.6 Å². The Kier molecular flexibility index (Phi) is 3.12. The van der Waals surface area contributed by atoms with Crippen LogP contribution < -0.4 is 5.32 Å². The third-order valence-electron chi connectivity index (χ3n) is 2.11. The van der Waals surface area contributed by atoms with Crippen molar-refractivity contribution in [2.24, 2.45) is 0 Å². The molecule has 0 fully saturated rings. The molecule has 0 atom stereocenters. The molecule has 0 spiro atoms. The largest absolute Gasteiger partial charge is 0.370 e. The molecular weight excluding hydrogens is 275 g/mol. The highest BCUT2D eigenvalue weighted by Gasteiger charge is 2.04. The predicted octanol–water partition coefficient (Wildman–Crippen LogP) is 4.08. The van der Waals surface area contributed by atoms with Crippen molar-refractivity contribution in [1.29, 1.82) is 0 Å². The molecule has 0 aliphatic rings. The van der Waals surface area contributed by atoms with Crippen LogP contribution >= 0.6 is 27.5 Å². The minimum absolute atomic E-state index is 0.674. The lowest BCUT2D eigenvalue weighted by Gasteiger charge is -2.06. The highest BCUT2D eigenvalue weighted by Crippen LogP contribution is 2.29. The molecule has 0 aliphatic heterocycles. The quantitative estimate of drug-likeness (QED) is 0.899. The number of benzene rings is 1. The lowest BCUT2D eigenvalue weighted by atomic mass is 10.2. The maximum atomic E-state index is 6.09. The van der Waals surface area contributed by atoms with Crippen LogP contribution in [0, 0.1) is 0 Å². The van der Waals surface area contributed by atoms with E-state index in [1.807, 2.05) is 31.2 Å². The number of hydrogen-bond acceptors (Lipinski definition) is 2. The predicted molar refractivity (Wildman–Crippen MR) is 68.6 cm³/mol. The molecule has 1 heterocycles. The number of anilines is 1. The van der Waals surface area contributed by atoms with Crippen LogP contribution in [0.2, 0.25) is 5.02 Å². The average molecular weight is 286 g/mol. The van der Waals surface area contributed by atoms with E-state index >= 15 is 0 Å². The fraction of sp³-hybridized carbons (Fsp3) is 0.182. The third kappa shape index (κ3) is 2.08. The summed E-state index contributed by atoms with van der Waals surface area (Å²) in [4.78, 5) is 4.45. The van der Waals surface area contributed by atoms with Gasteiger partial charge in [-0.15, -0.1) is 0 Å². The Morgan fingerprint density at radius 2 is 2.13 bits per heavy atom. The summed E-state index contributed by atoms with van der Waals surface area (Å²) in [5, 5.41) is 4.87. The smallest absolute Gasteiger partial charge is 0.126 e. The Morgan fingerprint density at radius 3 is 2.87 bits per heavy atom. The van der Waals surface area contributed by atoms with Gasteiger partial charge in [0, 0.05) is 16.4 Å². The number of pyridine rings is 1. The van der Waals surface area contributed by atoms with Crippen molar-refractivity contribution in [2.75, 3.05) is 11.9 Å². The summed E-state index contributed by atoms with van der Waals surface area (Å²) in [6.07, 6.45) is 0. The van der Waals surface area contributed by atoms with E-state index in [-0.39, 0.29) is 0 Å². The molecule has 1 N–H and O–H groups in total. The van der Waals surface area contributed by atoms with Crippen molar-refractivity contribution in [3.63, 3.8) is 0 Å². The number of halogens is 2. The maximum Gasteiger partial charge on any atom is 0.126 e. The van der Waals surface area contributed by atoms with Crippen LogP contribution in [0.1, 0.15) is 6.92 Å². The van der Waals surface area contributed by atoms with Gasteiger partial charge in [-0.1, -0.05) is 27.5 Å². The van der Waals surface area contributed by atoms with Crippen LogP contribution in [0.15, 0.2) is 28.7 Å². The maximum absolute atomic E-state index is 6.09. The molecule has 0 saturated heterocycles. The van der Waals surface area contributed by atoms with E-state index in [0.29, 0.717) is 5.02 Å². The first-order valence-electron chi connectivity index (χ1n) is 4.71. The Hall–Kier alpha value is -0.800. The minimum atomic E-state index is 0.674. The highest BCUT2D eigenvalue weighted by molar-refractivity contribution is 9.10. The second-order valence-electron chi connectivity index (χ2n) is 3.15. The molecule has 2 aromatic rings. The molecular formula is C11H10BrClN2. The van der Waals surface area contributed by atoms with Gasteiger partial charge in [-0.25, -0.2) is 4.98 Å². The third-order valence-corrected chi connectivity index (χ3v) is 3.11. The number of rotatable bonds is 2. The van der Waals surface area contributed by atoms with E-state index in [1.54, 1.807) is 0 Å². The standard InChI is InChI=1S/C11H10BrClN2/c1-2-14-10-6-3-7-8(12)4-5-9(13)11(7)15-10/h3-6H,2H2,1H3,(H,14,15). The Morgan fingerprint density at radius 1 is 1.33 bits per heavy atom. The summed E-state index contributed by atoms with van der Waals surface area (Å²) < 4.78 is 1.01. The second kappa shape index (κ2) is 4.37. The normalized spacial score (nSPS) is 10.6. The van der Waals surface area contributed by atoms with Crippen LogP contribution in [-0.4, -0.2) is 11.5 Å². The summed E-state index contributed by atoms with van der Waals surface area (Å²) in [6.45, 7) is 2.89. The minimum Gasteiger partial charge on any atom is -0.370 e. The number of hydrogen-bond donors (Lipinski definition) is 1. The van der Waals surface area contributed by atoms with Gasteiger partial charge in [0.25, 0.3) is 0 Å². The van der Waals surface area contributed by atoms with Crippen LogP contribution in [0.3, 0.4) is 0 Å². The first-order valence-corrected chi connectivity index (χ1v) is 5.88. The zero-order valence-electron chi connectivity index (χ0n) is 8.22. The van der Waals surface area contributed by atoms with Gasteiger partial charge in [-0.05, 0) is 31.2 Å². The zero-order valence-corrected chi connectivity index (χ0v) is 10.6. The molecule has 1 aromatic heterocycles. The van der Waals surface area contributed by atoms with Gasteiger partial charge in [0.1, 0.15) is 5.82 Å². The number of fused-ring (bicyclic) bond motifs is 1. The van der Waals surface area contributed by atoms with Crippen LogP contribution in [-0.2, 0) is 0 Å². The first kappa shape index (κ1) is 10.7. The Labute approximate surface area is 102 Å². The summed E-state index contributed by atoms with van der Waals surface area (Å²) in [5.41, 5.74) is 0.824. The van der Waals surface area contributed by atoms with Gasteiger partial charge < -0.3 is 5.32 Å². The summed E-state index contributed by atoms with van der Waals surface area (Å²) in [5.74, 6) is 0.852. The molecule has 0 amide bonds. The van der Waals surface area contributed by atoms with Crippen molar-refractivity contribution in [3.8, 4) is 0 Å². The molecule has 0 bridgehead atoms. The molecule has 78 valence electrons. The van der Waals surface area contributed by atoms with E-state index in [2.05, 4.69) is 26.2 Å². The number of nitrogens with one attached hydrogen (secondary N) is 1. The summed E-state index contributed by atoms with van der Waals surface area (Å²) >= 11 is 9.57. The lowest BCUT2D eigenvalue weighted by Crippen LogP contribution is -1.98. The van der Waals surface area contributed by atoms with Crippen molar-refractivity contribution in [1.82, 2.24) is 4.98 Å². The molecule has 0 aliphatic carbocycles. The molecule has 0 saturated carbocycles. The molecule has 4 heteroatoms. The van der Waals surface area contributed by atoms with Crippen LogP contribution in [0.5, 0.6) is 0 Å². The molecule has 0 unspecified atom stereocenters. The van der Waals surface area contributed by atoms with E-state index in [1.165, 1.54) is 0 Å². The van der Waals surface area contributed by atoms with Crippen molar-refractivity contribution < 1.29 is 0 Å². The number of nitrogens with zero attached hydrogens (tertiary/aromatic N) is 1. The van der Waals surface area contributed by atoms with E-state index in [0.717, 1.165) is 27.7 Å². The fourth-order valence-electron chi connectivity index (χ4n) is 1.43. The van der Waals surface area contributed by atoms with E-state index in [9.17, 15) is 0 Å². The Bertz CT molecular complexity index is 499. The fourth-order valence-corrected chi connectivity index (χ4v) is 2.09. The van der Waals surface area contributed by atoms with E-state index < -0.39 is 0 Å². The monoisotopic (exact) mass is 284 g/mol. The highest BCUT2D eigenvalue weighted by atomic mass is 79.9. The Balaban J connectivity index is 2.65. The SMILES string of the molecule is CCNc1ccc2c(Br)ccc(Cl)c2n1. The van der Waals surface area contributed by atoms with Crippen molar-refractivity contribution in [2.45, 2.75) is 6.92 Å². The van der Waals surface area contributed by atoms with Gasteiger partial charge in [0.05, 0.1) is 10.5 Å². The van der Waals surface area contributed by atoms with Gasteiger partial charge in [-0.2, -0.15) is 0 Å².